The van der Waals surface area contributed by atoms with Crippen LogP contribution < -0.4 is 5.32 Å². The van der Waals surface area contributed by atoms with Gasteiger partial charge in [0.2, 0.25) is 0 Å². The molecule has 0 aromatic heterocycles. The Morgan fingerprint density at radius 2 is 2.00 bits per heavy atom. The second-order valence-electron chi connectivity index (χ2n) is 5.57. The van der Waals surface area contributed by atoms with Crippen LogP contribution in [0, 0.1) is 5.92 Å². The fraction of sp³-hybridized carbons (Fsp3) is 0.625. The third-order valence-electron chi connectivity index (χ3n) is 4.26. The monoisotopic (exact) mass is 265 g/mol. The second-order valence-corrected chi connectivity index (χ2v) is 6.01. The number of halogens is 1. The lowest BCUT2D eigenvalue weighted by atomic mass is 9.84. The van der Waals surface area contributed by atoms with Crippen molar-refractivity contribution in [2.75, 3.05) is 0 Å². The van der Waals surface area contributed by atoms with Gasteiger partial charge in [0, 0.05) is 17.1 Å². The van der Waals surface area contributed by atoms with Gasteiger partial charge in [0.1, 0.15) is 0 Å². The number of hydrogen-bond donors (Lipinski definition) is 1. The molecule has 1 atom stereocenters. The van der Waals surface area contributed by atoms with Gasteiger partial charge in [-0.1, -0.05) is 37.1 Å². The van der Waals surface area contributed by atoms with Crippen LogP contribution >= 0.6 is 11.6 Å². The van der Waals surface area contributed by atoms with Crippen molar-refractivity contribution in [1.82, 2.24) is 5.32 Å². The van der Waals surface area contributed by atoms with E-state index in [-0.39, 0.29) is 0 Å². The fourth-order valence-electron chi connectivity index (χ4n) is 2.96. The minimum Gasteiger partial charge on any atom is -0.307 e. The summed E-state index contributed by atoms with van der Waals surface area (Å²) in [5.74, 6) is 0.963. The Hall–Kier alpha value is -0.530. The lowest BCUT2D eigenvalue weighted by Crippen LogP contribution is -2.34. The molecule has 0 amide bonds. The third kappa shape index (κ3) is 3.73. The van der Waals surface area contributed by atoms with E-state index < -0.39 is 0 Å². The van der Waals surface area contributed by atoms with Crippen molar-refractivity contribution in [3.63, 3.8) is 0 Å². The molecule has 0 aliphatic heterocycles. The Balaban J connectivity index is 1.86. The summed E-state index contributed by atoms with van der Waals surface area (Å²) in [6.07, 6.45) is 6.76. The maximum absolute atomic E-state index is 6.04. The summed E-state index contributed by atoms with van der Waals surface area (Å²) in [5.41, 5.74) is 1.29. The van der Waals surface area contributed by atoms with Gasteiger partial charge in [0.15, 0.2) is 0 Å². The van der Waals surface area contributed by atoms with Crippen LogP contribution in [-0.4, -0.2) is 6.04 Å². The molecule has 0 radical (unpaired) electrons. The van der Waals surface area contributed by atoms with Gasteiger partial charge in [-0.15, -0.1) is 0 Å². The van der Waals surface area contributed by atoms with Crippen molar-refractivity contribution in [3.8, 4) is 0 Å². The highest BCUT2D eigenvalue weighted by molar-refractivity contribution is 6.30. The molecule has 100 valence electrons. The van der Waals surface area contributed by atoms with Crippen LogP contribution in [0.5, 0.6) is 0 Å². The smallest absolute Gasteiger partial charge is 0.0409 e. The Kier molecular flexibility index (Phi) is 5.08. The first-order chi connectivity index (χ1) is 8.69. The van der Waals surface area contributed by atoms with E-state index in [1.165, 1.54) is 37.7 Å². The number of rotatable bonds is 4. The fourth-order valence-corrected chi connectivity index (χ4v) is 3.16. The van der Waals surface area contributed by atoms with E-state index >= 15 is 0 Å². The Labute approximate surface area is 116 Å². The van der Waals surface area contributed by atoms with Crippen LogP contribution in [-0.2, 0) is 0 Å². The van der Waals surface area contributed by atoms with E-state index in [1.54, 1.807) is 0 Å². The highest BCUT2D eigenvalue weighted by Crippen LogP contribution is 2.28. The first-order valence-electron chi connectivity index (χ1n) is 7.20. The summed E-state index contributed by atoms with van der Waals surface area (Å²) in [7, 11) is 0. The molecule has 1 saturated carbocycles. The lowest BCUT2D eigenvalue weighted by molar-refractivity contribution is 0.273. The van der Waals surface area contributed by atoms with E-state index in [2.05, 4.69) is 31.3 Å². The molecule has 1 aliphatic carbocycles. The van der Waals surface area contributed by atoms with E-state index in [9.17, 15) is 0 Å². The molecule has 18 heavy (non-hydrogen) atoms. The van der Waals surface area contributed by atoms with Gasteiger partial charge in [-0.25, -0.2) is 0 Å². The average molecular weight is 266 g/mol. The molecule has 1 aromatic rings. The van der Waals surface area contributed by atoms with E-state index in [0.29, 0.717) is 12.1 Å². The van der Waals surface area contributed by atoms with Crippen molar-refractivity contribution in [3.05, 3.63) is 34.9 Å². The molecule has 0 spiro atoms. The Morgan fingerprint density at radius 1 is 1.28 bits per heavy atom. The Bertz CT molecular complexity index is 369. The number of benzene rings is 1. The van der Waals surface area contributed by atoms with Crippen LogP contribution in [0.25, 0.3) is 0 Å². The molecule has 2 heteroatoms. The van der Waals surface area contributed by atoms with Gasteiger partial charge in [-0.05, 0) is 56.2 Å². The van der Waals surface area contributed by atoms with Crippen molar-refractivity contribution in [2.45, 2.75) is 58.0 Å². The molecular formula is C16H24ClN. The van der Waals surface area contributed by atoms with Crippen LogP contribution in [0.2, 0.25) is 5.02 Å². The van der Waals surface area contributed by atoms with Gasteiger partial charge in [0.25, 0.3) is 0 Å². The van der Waals surface area contributed by atoms with Crippen LogP contribution in [0.1, 0.15) is 57.6 Å². The van der Waals surface area contributed by atoms with Crippen LogP contribution in [0.3, 0.4) is 0 Å². The largest absolute Gasteiger partial charge is 0.307 e. The first kappa shape index (κ1) is 13.9. The van der Waals surface area contributed by atoms with Gasteiger partial charge < -0.3 is 5.32 Å². The average Bonchev–Trinajstić information content (AvgIpc) is 2.39. The summed E-state index contributed by atoms with van der Waals surface area (Å²) in [5, 5.41) is 4.58. The molecule has 1 N–H and O–H groups in total. The molecule has 1 nitrogen and oxygen atoms in total. The van der Waals surface area contributed by atoms with Crippen molar-refractivity contribution >= 4 is 11.6 Å². The lowest BCUT2D eigenvalue weighted by Gasteiger charge is -2.31. The third-order valence-corrected chi connectivity index (χ3v) is 4.49. The first-order valence-corrected chi connectivity index (χ1v) is 7.58. The molecule has 2 rings (SSSR count). The zero-order chi connectivity index (χ0) is 13.0. The van der Waals surface area contributed by atoms with Gasteiger partial charge in [-0.3, -0.25) is 0 Å². The molecular weight excluding hydrogens is 242 g/mol. The summed E-state index contributed by atoms with van der Waals surface area (Å²) >= 11 is 6.04. The molecule has 1 fully saturated rings. The number of nitrogens with one attached hydrogen (secondary N) is 1. The Morgan fingerprint density at radius 3 is 2.61 bits per heavy atom. The summed E-state index contributed by atoms with van der Waals surface area (Å²) in [4.78, 5) is 0. The van der Waals surface area contributed by atoms with Gasteiger partial charge >= 0.3 is 0 Å². The molecule has 0 heterocycles. The maximum atomic E-state index is 6.04. The minimum atomic E-state index is 0.395. The summed E-state index contributed by atoms with van der Waals surface area (Å²) in [6, 6.07) is 9.26. The number of hydrogen-bond acceptors (Lipinski definition) is 1. The topological polar surface area (TPSA) is 12.0 Å². The zero-order valence-electron chi connectivity index (χ0n) is 11.5. The minimum absolute atomic E-state index is 0.395. The SMILES string of the molecule is CCC1CCC(N[C@@H](C)c2cccc(Cl)c2)CC1. The summed E-state index contributed by atoms with van der Waals surface area (Å²) in [6.45, 7) is 4.55. The quantitative estimate of drug-likeness (QED) is 0.811. The highest BCUT2D eigenvalue weighted by atomic mass is 35.5. The standard InChI is InChI=1S/C16H24ClN/c1-3-13-7-9-16(10-8-13)18-12(2)14-5-4-6-15(17)11-14/h4-6,11-13,16,18H,3,7-10H2,1-2H3/t12-,13?,16?/m0/s1. The van der Waals surface area contributed by atoms with Crippen LogP contribution in [0.4, 0.5) is 0 Å². The predicted octanol–water partition coefficient (Wildman–Crippen LogP) is 4.96. The molecule has 0 saturated heterocycles. The van der Waals surface area contributed by atoms with Gasteiger partial charge in [0.05, 0.1) is 0 Å². The highest BCUT2D eigenvalue weighted by Gasteiger charge is 2.21. The molecule has 1 aliphatic rings. The van der Waals surface area contributed by atoms with Crippen molar-refractivity contribution < 1.29 is 0 Å². The molecule has 1 aromatic carbocycles. The normalized spacial score (nSPS) is 25.9. The van der Waals surface area contributed by atoms with Crippen molar-refractivity contribution in [1.29, 1.82) is 0 Å². The zero-order valence-corrected chi connectivity index (χ0v) is 12.2. The predicted molar refractivity (Wildman–Crippen MR) is 79.0 cm³/mol. The van der Waals surface area contributed by atoms with Crippen molar-refractivity contribution in [2.24, 2.45) is 5.92 Å². The second kappa shape index (κ2) is 6.58. The summed E-state index contributed by atoms with van der Waals surface area (Å²) < 4.78 is 0. The van der Waals surface area contributed by atoms with Crippen LogP contribution in [0.15, 0.2) is 24.3 Å². The van der Waals surface area contributed by atoms with E-state index in [1.807, 2.05) is 12.1 Å². The molecule has 0 bridgehead atoms. The van der Waals surface area contributed by atoms with Gasteiger partial charge in [-0.2, -0.15) is 0 Å². The van der Waals surface area contributed by atoms with E-state index in [0.717, 1.165) is 10.9 Å². The maximum Gasteiger partial charge on any atom is 0.0409 e. The van der Waals surface area contributed by atoms with E-state index in [4.69, 9.17) is 11.6 Å². The molecule has 0 unspecified atom stereocenters.